The molecule has 0 radical (unpaired) electrons. The Balaban J connectivity index is 4.04. The molecule has 0 aromatic carbocycles. The van der Waals surface area contributed by atoms with Crippen molar-refractivity contribution in [2.24, 2.45) is 5.92 Å². The van der Waals surface area contributed by atoms with Gasteiger partial charge in [-0.15, -0.1) is 13.2 Å². The third-order valence-corrected chi connectivity index (χ3v) is 3.06. The summed E-state index contributed by atoms with van der Waals surface area (Å²) in [5.41, 5.74) is 1.66. The lowest BCUT2D eigenvalue weighted by atomic mass is 9.93. The molecule has 0 heteroatoms. The molecule has 0 saturated carbocycles. The Morgan fingerprint density at radius 3 is 2.47 bits per heavy atom. The van der Waals surface area contributed by atoms with Crippen LogP contribution in [0, 0.1) is 5.92 Å². The van der Waals surface area contributed by atoms with E-state index in [1.165, 1.54) is 38.5 Å². The van der Waals surface area contributed by atoms with E-state index in [9.17, 15) is 0 Å². The third-order valence-electron chi connectivity index (χ3n) is 3.06. The molecule has 0 bridgehead atoms. The molecular formula is C17H30. The van der Waals surface area contributed by atoms with E-state index < -0.39 is 0 Å². The second-order valence-corrected chi connectivity index (χ2v) is 5.02. The molecule has 1 atom stereocenters. The lowest BCUT2D eigenvalue weighted by Gasteiger charge is -2.13. The fraction of sp³-hybridized carbons (Fsp3) is 0.647. The van der Waals surface area contributed by atoms with Gasteiger partial charge in [-0.25, -0.2) is 0 Å². The summed E-state index contributed by atoms with van der Waals surface area (Å²) in [6.45, 7) is 12.2. The van der Waals surface area contributed by atoms with Crippen LogP contribution in [0.25, 0.3) is 0 Å². The van der Waals surface area contributed by atoms with Gasteiger partial charge in [0.1, 0.15) is 0 Å². The van der Waals surface area contributed by atoms with Gasteiger partial charge in [0.15, 0.2) is 0 Å². The molecule has 0 nitrogen and oxygen atoms in total. The second-order valence-electron chi connectivity index (χ2n) is 5.02. The van der Waals surface area contributed by atoms with Crippen molar-refractivity contribution in [1.29, 1.82) is 0 Å². The van der Waals surface area contributed by atoms with Crippen LogP contribution in [-0.4, -0.2) is 0 Å². The molecule has 0 fully saturated rings. The standard InChI is InChI=1S/C17H30/c1-5-8-10-11-14-17(13-9-6-2)15-16(4)12-7-3/h5,7,13,16H,1,3,6,8-12,14-15H2,2,4H3. The molecule has 0 saturated heterocycles. The van der Waals surface area contributed by atoms with Gasteiger partial charge in [-0.1, -0.05) is 44.1 Å². The summed E-state index contributed by atoms with van der Waals surface area (Å²) in [6.07, 6.45) is 16.4. The third kappa shape index (κ3) is 10.1. The van der Waals surface area contributed by atoms with E-state index >= 15 is 0 Å². The van der Waals surface area contributed by atoms with Crippen molar-refractivity contribution in [2.45, 2.75) is 65.2 Å². The molecule has 0 aliphatic rings. The minimum Gasteiger partial charge on any atom is -0.103 e. The van der Waals surface area contributed by atoms with Gasteiger partial charge in [0, 0.05) is 0 Å². The van der Waals surface area contributed by atoms with Gasteiger partial charge in [0.05, 0.1) is 0 Å². The van der Waals surface area contributed by atoms with Crippen molar-refractivity contribution in [1.82, 2.24) is 0 Å². The highest BCUT2D eigenvalue weighted by atomic mass is 14.1. The Bertz CT molecular complexity index is 222. The largest absolute Gasteiger partial charge is 0.103 e. The molecule has 0 N–H and O–H groups in total. The van der Waals surface area contributed by atoms with Gasteiger partial charge >= 0.3 is 0 Å². The molecule has 0 rings (SSSR count). The molecule has 0 aromatic rings. The number of allylic oxidation sites excluding steroid dienone is 4. The minimum atomic E-state index is 0.745. The summed E-state index contributed by atoms with van der Waals surface area (Å²) in [6, 6.07) is 0. The molecule has 0 heterocycles. The van der Waals surface area contributed by atoms with E-state index in [0.717, 1.165) is 18.8 Å². The second kappa shape index (κ2) is 11.7. The van der Waals surface area contributed by atoms with Crippen LogP contribution in [0.2, 0.25) is 0 Å². The highest BCUT2D eigenvalue weighted by molar-refractivity contribution is 5.03. The molecular weight excluding hydrogens is 204 g/mol. The fourth-order valence-corrected chi connectivity index (χ4v) is 2.09. The van der Waals surface area contributed by atoms with Crippen LogP contribution in [0.1, 0.15) is 65.2 Å². The molecule has 1 unspecified atom stereocenters. The van der Waals surface area contributed by atoms with Crippen molar-refractivity contribution in [3.8, 4) is 0 Å². The smallest absolute Gasteiger partial charge is 0.0291 e. The van der Waals surface area contributed by atoms with Gasteiger partial charge in [-0.2, -0.15) is 0 Å². The first-order valence-corrected chi connectivity index (χ1v) is 7.14. The van der Waals surface area contributed by atoms with E-state index in [-0.39, 0.29) is 0 Å². The van der Waals surface area contributed by atoms with Gasteiger partial charge in [0.2, 0.25) is 0 Å². The van der Waals surface area contributed by atoms with Crippen LogP contribution in [0.15, 0.2) is 37.0 Å². The van der Waals surface area contributed by atoms with Gasteiger partial charge in [0.25, 0.3) is 0 Å². The first-order valence-electron chi connectivity index (χ1n) is 7.14. The average Bonchev–Trinajstić information content (AvgIpc) is 2.31. The molecule has 0 aromatic heterocycles. The monoisotopic (exact) mass is 234 g/mol. The van der Waals surface area contributed by atoms with E-state index in [0.29, 0.717) is 0 Å². The molecule has 0 aliphatic carbocycles. The Morgan fingerprint density at radius 2 is 1.88 bits per heavy atom. The van der Waals surface area contributed by atoms with Gasteiger partial charge in [-0.3, -0.25) is 0 Å². The van der Waals surface area contributed by atoms with Crippen LogP contribution >= 0.6 is 0 Å². The SMILES string of the molecule is C=CCCCCC(=CCCC)CC(C)CC=C. The summed E-state index contributed by atoms with van der Waals surface area (Å²) < 4.78 is 0. The fourth-order valence-electron chi connectivity index (χ4n) is 2.09. The van der Waals surface area contributed by atoms with E-state index in [1.807, 2.05) is 12.2 Å². The lowest BCUT2D eigenvalue weighted by Crippen LogP contribution is -1.96. The Labute approximate surface area is 109 Å². The highest BCUT2D eigenvalue weighted by Gasteiger charge is 2.04. The molecule has 98 valence electrons. The first-order chi connectivity index (χ1) is 8.24. The minimum absolute atomic E-state index is 0.745. The quantitative estimate of drug-likeness (QED) is 0.301. The maximum Gasteiger partial charge on any atom is -0.0291 e. The Morgan fingerprint density at radius 1 is 1.12 bits per heavy atom. The van der Waals surface area contributed by atoms with Crippen LogP contribution in [-0.2, 0) is 0 Å². The molecule has 17 heavy (non-hydrogen) atoms. The van der Waals surface area contributed by atoms with Crippen molar-refractivity contribution in [2.75, 3.05) is 0 Å². The maximum absolute atomic E-state index is 3.83. The van der Waals surface area contributed by atoms with E-state index in [1.54, 1.807) is 5.57 Å². The Kier molecular flexibility index (Phi) is 11.2. The van der Waals surface area contributed by atoms with Gasteiger partial charge < -0.3 is 0 Å². The van der Waals surface area contributed by atoms with Gasteiger partial charge in [-0.05, 0) is 50.9 Å². The molecule has 0 spiro atoms. The van der Waals surface area contributed by atoms with Crippen molar-refractivity contribution < 1.29 is 0 Å². The number of hydrogen-bond acceptors (Lipinski definition) is 0. The van der Waals surface area contributed by atoms with Crippen LogP contribution in [0.5, 0.6) is 0 Å². The summed E-state index contributed by atoms with van der Waals surface area (Å²) in [5, 5.41) is 0. The normalized spacial score (nSPS) is 13.4. The summed E-state index contributed by atoms with van der Waals surface area (Å²) in [4.78, 5) is 0. The molecule has 0 amide bonds. The number of unbranched alkanes of at least 4 members (excludes halogenated alkanes) is 3. The maximum atomic E-state index is 3.83. The van der Waals surface area contributed by atoms with Crippen molar-refractivity contribution in [3.05, 3.63) is 37.0 Å². The predicted octanol–water partition coefficient (Wildman–Crippen LogP) is 6.06. The highest BCUT2D eigenvalue weighted by Crippen LogP contribution is 2.21. The number of rotatable bonds is 11. The van der Waals surface area contributed by atoms with Crippen LogP contribution in [0.3, 0.4) is 0 Å². The van der Waals surface area contributed by atoms with Crippen LogP contribution in [0.4, 0.5) is 0 Å². The zero-order valence-electron chi connectivity index (χ0n) is 11.9. The van der Waals surface area contributed by atoms with E-state index in [4.69, 9.17) is 0 Å². The average molecular weight is 234 g/mol. The summed E-state index contributed by atoms with van der Waals surface area (Å²) in [5.74, 6) is 0.745. The number of hydrogen-bond donors (Lipinski definition) is 0. The van der Waals surface area contributed by atoms with Crippen molar-refractivity contribution >= 4 is 0 Å². The predicted molar refractivity (Wildman–Crippen MR) is 80.3 cm³/mol. The zero-order chi connectivity index (χ0) is 12.9. The summed E-state index contributed by atoms with van der Waals surface area (Å²) >= 11 is 0. The first kappa shape index (κ1) is 16.2. The lowest BCUT2D eigenvalue weighted by molar-refractivity contribution is 0.564. The van der Waals surface area contributed by atoms with Crippen molar-refractivity contribution in [3.63, 3.8) is 0 Å². The Hall–Kier alpha value is -0.780. The van der Waals surface area contributed by atoms with E-state index in [2.05, 4.69) is 33.1 Å². The topological polar surface area (TPSA) is 0 Å². The summed E-state index contributed by atoms with van der Waals surface area (Å²) in [7, 11) is 0. The molecule has 0 aliphatic heterocycles. The zero-order valence-corrected chi connectivity index (χ0v) is 11.9. The van der Waals surface area contributed by atoms with Crippen LogP contribution < -0.4 is 0 Å².